The lowest BCUT2D eigenvalue weighted by Crippen LogP contribution is -2.26. The monoisotopic (exact) mass is 459 g/mol. The van der Waals surface area contributed by atoms with E-state index in [0.717, 1.165) is 16.8 Å². The average Bonchev–Trinajstić information content (AvgIpc) is 3.42. The minimum Gasteiger partial charge on any atom is -0.454 e. The highest BCUT2D eigenvalue weighted by Crippen LogP contribution is 2.15. The molecule has 0 bridgehead atoms. The van der Waals surface area contributed by atoms with Gasteiger partial charge in [0.25, 0.3) is 11.8 Å². The first-order chi connectivity index (χ1) is 15.9. The van der Waals surface area contributed by atoms with Crippen molar-refractivity contribution in [3.05, 3.63) is 111 Å². The Hall–Kier alpha value is -3.71. The summed E-state index contributed by atoms with van der Waals surface area (Å²) in [7, 11) is 0. The number of nitrogens with zero attached hydrogens (tertiary/aromatic N) is 2. The summed E-state index contributed by atoms with van der Waals surface area (Å²) in [6.45, 7) is 6.19. The minimum absolute atomic E-state index is 0.140. The third-order valence-electron chi connectivity index (χ3n) is 5.30. The summed E-state index contributed by atoms with van der Waals surface area (Å²) in [6.07, 6.45) is 0. The SMILES string of the molecule is Cc1cccc(C(=O)N=c2scc(C)n2Cc2ccc(C(=O)N[C@H](C)c3ccccc3)o2)c1. The number of benzene rings is 2. The van der Waals surface area contributed by atoms with Gasteiger partial charge in [-0.25, -0.2) is 0 Å². The molecule has 7 heteroatoms. The predicted molar refractivity (Wildman–Crippen MR) is 128 cm³/mol. The maximum atomic E-state index is 12.6. The maximum Gasteiger partial charge on any atom is 0.287 e. The third kappa shape index (κ3) is 5.38. The van der Waals surface area contributed by atoms with Crippen LogP contribution in [0.1, 0.15) is 56.5 Å². The normalized spacial score (nSPS) is 12.5. The number of furan rings is 1. The topological polar surface area (TPSA) is 76.6 Å². The van der Waals surface area contributed by atoms with Crippen LogP contribution >= 0.6 is 11.3 Å². The Kier molecular flexibility index (Phi) is 6.70. The Morgan fingerprint density at radius 3 is 2.61 bits per heavy atom. The second-order valence-electron chi connectivity index (χ2n) is 7.90. The zero-order valence-corrected chi connectivity index (χ0v) is 19.6. The number of hydrogen-bond acceptors (Lipinski definition) is 4. The number of carbonyl (C=O) groups is 2. The van der Waals surface area contributed by atoms with Gasteiger partial charge in [-0.15, -0.1) is 11.3 Å². The van der Waals surface area contributed by atoms with Gasteiger partial charge in [0.05, 0.1) is 12.6 Å². The summed E-state index contributed by atoms with van der Waals surface area (Å²) < 4.78 is 7.72. The first-order valence-electron chi connectivity index (χ1n) is 10.7. The second-order valence-corrected chi connectivity index (χ2v) is 8.74. The number of aryl methyl sites for hydroxylation is 2. The molecular formula is C26H25N3O3S. The van der Waals surface area contributed by atoms with Crippen molar-refractivity contribution >= 4 is 23.2 Å². The van der Waals surface area contributed by atoms with Crippen molar-refractivity contribution in [1.82, 2.24) is 9.88 Å². The highest BCUT2D eigenvalue weighted by Gasteiger charge is 2.16. The second kappa shape index (κ2) is 9.83. The zero-order valence-electron chi connectivity index (χ0n) is 18.7. The van der Waals surface area contributed by atoms with Crippen molar-refractivity contribution in [2.75, 3.05) is 0 Å². The average molecular weight is 460 g/mol. The fourth-order valence-electron chi connectivity index (χ4n) is 3.46. The van der Waals surface area contributed by atoms with Gasteiger partial charge in [0, 0.05) is 16.6 Å². The fraction of sp³-hybridized carbons (Fsp3) is 0.192. The Labute approximate surface area is 196 Å². The summed E-state index contributed by atoms with van der Waals surface area (Å²) >= 11 is 1.40. The minimum atomic E-state index is -0.288. The lowest BCUT2D eigenvalue weighted by molar-refractivity contribution is 0.0909. The molecule has 2 aromatic carbocycles. The Morgan fingerprint density at radius 2 is 1.85 bits per heavy atom. The van der Waals surface area contributed by atoms with Crippen LogP contribution < -0.4 is 10.1 Å². The van der Waals surface area contributed by atoms with Gasteiger partial charge in [-0.3, -0.25) is 9.59 Å². The molecule has 0 fully saturated rings. The summed E-state index contributed by atoms with van der Waals surface area (Å²) in [5, 5.41) is 4.90. The fourth-order valence-corrected chi connectivity index (χ4v) is 4.33. The molecule has 0 radical (unpaired) electrons. The van der Waals surface area contributed by atoms with Gasteiger partial charge in [-0.05, 0) is 50.6 Å². The van der Waals surface area contributed by atoms with Gasteiger partial charge in [0.2, 0.25) is 0 Å². The number of carbonyl (C=O) groups excluding carboxylic acids is 2. The van der Waals surface area contributed by atoms with E-state index >= 15 is 0 Å². The lowest BCUT2D eigenvalue weighted by atomic mass is 10.1. The Morgan fingerprint density at radius 1 is 1.06 bits per heavy atom. The maximum absolute atomic E-state index is 12.6. The van der Waals surface area contributed by atoms with E-state index in [1.807, 2.05) is 79.2 Å². The molecule has 0 aliphatic carbocycles. The van der Waals surface area contributed by atoms with E-state index in [1.165, 1.54) is 11.3 Å². The van der Waals surface area contributed by atoms with Crippen LogP contribution in [0.2, 0.25) is 0 Å². The lowest BCUT2D eigenvalue weighted by Gasteiger charge is -2.13. The van der Waals surface area contributed by atoms with Crippen LogP contribution in [-0.4, -0.2) is 16.4 Å². The molecule has 6 nitrogen and oxygen atoms in total. The highest BCUT2D eigenvalue weighted by molar-refractivity contribution is 7.07. The highest BCUT2D eigenvalue weighted by atomic mass is 32.1. The van der Waals surface area contributed by atoms with E-state index in [2.05, 4.69) is 10.3 Å². The molecule has 0 aliphatic rings. The number of hydrogen-bond donors (Lipinski definition) is 1. The summed E-state index contributed by atoms with van der Waals surface area (Å²) in [5.74, 6) is 0.293. The van der Waals surface area contributed by atoms with E-state index in [-0.39, 0.29) is 23.6 Å². The van der Waals surface area contributed by atoms with Gasteiger partial charge < -0.3 is 14.3 Å². The molecule has 1 atom stereocenters. The molecule has 2 aromatic heterocycles. The smallest absolute Gasteiger partial charge is 0.287 e. The van der Waals surface area contributed by atoms with Crippen LogP contribution in [0, 0.1) is 13.8 Å². The molecule has 0 spiro atoms. The molecule has 0 unspecified atom stereocenters. The van der Waals surface area contributed by atoms with Crippen LogP contribution in [0.25, 0.3) is 0 Å². The summed E-state index contributed by atoms with van der Waals surface area (Å²) in [6, 6.07) is 20.4. The zero-order chi connectivity index (χ0) is 23.4. The quantitative estimate of drug-likeness (QED) is 0.439. The van der Waals surface area contributed by atoms with Crippen LogP contribution in [0.15, 0.2) is 81.5 Å². The first kappa shape index (κ1) is 22.5. The molecule has 1 N–H and O–H groups in total. The molecule has 2 amide bonds. The first-order valence-corrected chi connectivity index (χ1v) is 11.5. The molecule has 0 saturated carbocycles. The molecule has 4 aromatic rings. The van der Waals surface area contributed by atoms with E-state index in [4.69, 9.17) is 4.42 Å². The summed E-state index contributed by atoms with van der Waals surface area (Å²) in [4.78, 5) is 30.2. The van der Waals surface area contributed by atoms with Crippen molar-refractivity contribution < 1.29 is 14.0 Å². The molecular weight excluding hydrogens is 434 g/mol. The van der Waals surface area contributed by atoms with Crippen molar-refractivity contribution in [3.8, 4) is 0 Å². The summed E-state index contributed by atoms with van der Waals surface area (Å²) in [5.41, 5.74) is 3.54. The number of rotatable bonds is 6. The van der Waals surface area contributed by atoms with Gasteiger partial charge in [-0.1, -0.05) is 48.0 Å². The number of amides is 2. The Balaban J connectivity index is 1.50. The molecule has 168 valence electrons. The van der Waals surface area contributed by atoms with Crippen LogP contribution in [0.5, 0.6) is 0 Å². The van der Waals surface area contributed by atoms with Gasteiger partial charge in [0.1, 0.15) is 5.76 Å². The standard InChI is InChI=1S/C26H25N3O3S/c1-17-8-7-11-21(14-17)24(30)28-26-29(18(2)16-33-26)15-22-12-13-23(32-22)25(31)27-19(3)20-9-5-4-6-10-20/h4-14,16,19H,15H2,1-3H3,(H,27,31)/t19-/m1/s1. The van der Waals surface area contributed by atoms with E-state index in [9.17, 15) is 9.59 Å². The largest absolute Gasteiger partial charge is 0.454 e. The molecule has 4 rings (SSSR count). The number of aromatic nitrogens is 1. The van der Waals surface area contributed by atoms with Gasteiger partial charge in [0.15, 0.2) is 10.6 Å². The van der Waals surface area contributed by atoms with Crippen molar-refractivity contribution in [3.63, 3.8) is 0 Å². The van der Waals surface area contributed by atoms with Crippen LogP contribution in [-0.2, 0) is 6.54 Å². The molecule has 33 heavy (non-hydrogen) atoms. The van der Waals surface area contributed by atoms with Crippen molar-refractivity contribution in [2.45, 2.75) is 33.4 Å². The van der Waals surface area contributed by atoms with E-state index in [0.29, 0.717) is 22.7 Å². The van der Waals surface area contributed by atoms with Gasteiger partial charge in [-0.2, -0.15) is 4.99 Å². The molecule has 0 aliphatic heterocycles. The van der Waals surface area contributed by atoms with Crippen molar-refractivity contribution in [2.24, 2.45) is 4.99 Å². The van der Waals surface area contributed by atoms with Crippen LogP contribution in [0.4, 0.5) is 0 Å². The van der Waals surface area contributed by atoms with E-state index < -0.39 is 0 Å². The molecule has 0 saturated heterocycles. The van der Waals surface area contributed by atoms with Crippen LogP contribution in [0.3, 0.4) is 0 Å². The number of nitrogens with one attached hydrogen (secondary N) is 1. The van der Waals surface area contributed by atoms with E-state index in [1.54, 1.807) is 18.2 Å². The Bertz CT molecular complexity index is 1350. The predicted octanol–water partition coefficient (Wildman–Crippen LogP) is 5.04. The number of thiazole rings is 1. The molecule has 2 heterocycles. The van der Waals surface area contributed by atoms with Crippen molar-refractivity contribution in [1.29, 1.82) is 0 Å². The third-order valence-corrected chi connectivity index (χ3v) is 6.28. The van der Waals surface area contributed by atoms with Gasteiger partial charge >= 0.3 is 0 Å².